The number of benzene rings is 2. The van der Waals surface area contributed by atoms with E-state index >= 15 is 0 Å². The Morgan fingerprint density at radius 1 is 1.16 bits per heavy atom. The maximum absolute atomic E-state index is 14.7. The molecule has 4 rings (SSSR count). The second-order valence-corrected chi connectivity index (χ2v) is 9.78. The number of hydrogen-bond acceptors (Lipinski definition) is 6. The average Bonchev–Trinajstić information content (AvgIpc) is 3.56. The summed E-state index contributed by atoms with van der Waals surface area (Å²) in [6, 6.07) is 16.1. The van der Waals surface area contributed by atoms with Gasteiger partial charge in [-0.05, 0) is 49.9 Å². The number of hydrogen-bond donors (Lipinski definition) is 1. The summed E-state index contributed by atoms with van der Waals surface area (Å²) in [6.45, 7) is 7.42. The predicted octanol–water partition coefficient (Wildman–Crippen LogP) is 5.52. The molecule has 0 spiro atoms. The topological polar surface area (TPSA) is 69.0 Å². The molecule has 1 saturated heterocycles. The molecular weight excluding hydrogens is 485 g/mol. The first-order valence-electron chi connectivity index (χ1n) is 13.8. The number of unbranched alkanes of at least 4 members (excludes halogenated alkanes) is 1. The molecule has 0 saturated carbocycles. The Labute approximate surface area is 225 Å². The van der Waals surface area contributed by atoms with Crippen LogP contribution in [0.4, 0.5) is 4.39 Å². The van der Waals surface area contributed by atoms with Crippen LogP contribution in [-0.2, 0) is 22.4 Å². The molecule has 1 aromatic heterocycles. The molecule has 2 atom stereocenters. The molecule has 2 aromatic carbocycles. The average molecular weight is 526 g/mol. The van der Waals surface area contributed by atoms with Crippen molar-refractivity contribution in [3.05, 3.63) is 71.7 Å². The van der Waals surface area contributed by atoms with Gasteiger partial charge in [-0.25, -0.2) is 9.07 Å². The molecule has 0 amide bonds. The fourth-order valence-corrected chi connectivity index (χ4v) is 4.72. The van der Waals surface area contributed by atoms with Crippen molar-refractivity contribution in [1.82, 2.24) is 14.7 Å². The number of aliphatic hydroxyl groups is 1. The van der Waals surface area contributed by atoms with Gasteiger partial charge >= 0.3 is 0 Å². The lowest BCUT2D eigenvalue weighted by molar-refractivity contribution is 0.00135. The standard InChI is InChI=1S/C30H40FN3O4/c1-3-5-17-36-22-24(35)19-33(20-25-14-11-18-37-25)21-26-28(4-2)32-34(23-12-7-6-8-13-23)30(26)38-29-16-10-9-15-27(29)31/h6-10,12-13,15-16,24-25,35H,3-5,11,14,17-22H2,1-2H3/t24-,25+/m1/s1. The van der Waals surface area contributed by atoms with E-state index in [1.807, 2.05) is 30.3 Å². The predicted molar refractivity (Wildman–Crippen MR) is 145 cm³/mol. The summed E-state index contributed by atoms with van der Waals surface area (Å²) in [5.74, 6) is 0.181. The van der Waals surface area contributed by atoms with Crippen LogP contribution in [-0.4, -0.2) is 64.9 Å². The van der Waals surface area contributed by atoms with Crippen molar-refractivity contribution < 1.29 is 23.7 Å². The molecule has 2 heterocycles. The second kappa shape index (κ2) is 14.4. The van der Waals surface area contributed by atoms with Gasteiger partial charge < -0.3 is 19.3 Å². The van der Waals surface area contributed by atoms with Crippen LogP contribution in [0.15, 0.2) is 54.6 Å². The first kappa shape index (κ1) is 28.2. The zero-order valence-corrected chi connectivity index (χ0v) is 22.5. The second-order valence-electron chi connectivity index (χ2n) is 9.78. The fraction of sp³-hybridized carbons (Fsp3) is 0.500. The largest absolute Gasteiger partial charge is 0.435 e. The monoisotopic (exact) mass is 525 g/mol. The number of aryl methyl sites for hydroxylation is 1. The van der Waals surface area contributed by atoms with Crippen molar-refractivity contribution in [2.24, 2.45) is 0 Å². The molecule has 1 aliphatic heterocycles. The lowest BCUT2D eigenvalue weighted by atomic mass is 10.1. The van der Waals surface area contributed by atoms with Crippen molar-refractivity contribution in [2.75, 3.05) is 32.9 Å². The quantitative estimate of drug-likeness (QED) is 0.263. The van der Waals surface area contributed by atoms with Gasteiger partial charge in [-0.15, -0.1) is 0 Å². The molecule has 0 unspecified atom stereocenters. The van der Waals surface area contributed by atoms with Crippen LogP contribution in [0.25, 0.3) is 5.69 Å². The van der Waals surface area contributed by atoms with Crippen molar-refractivity contribution in [2.45, 2.75) is 64.7 Å². The van der Waals surface area contributed by atoms with Crippen molar-refractivity contribution in [3.8, 4) is 17.3 Å². The van der Waals surface area contributed by atoms with Crippen LogP contribution in [0.3, 0.4) is 0 Å². The lowest BCUT2D eigenvalue weighted by Crippen LogP contribution is -2.39. The number of aliphatic hydroxyl groups excluding tert-OH is 1. The summed E-state index contributed by atoms with van der Waals surface area (Å²) in [6.07, 6.45) is 4.20. The Balaban J connectivity index is 1.65. The first-order chi connectivity index (χ1) is 18.6. The van der Waals surface area contributed by atoms with E-state index in [4.69, 9.17) is 19.3 Å². The van der Waals surface area contributed by atoms with E-state index in [-0.39, 0.29) is 18.5 Å². The van der Waals surface area contributed by atoms with Gasteiger partial charge in [-0.1, -0.05) is 50.6 Å². The number of halogens is 1. The Kier molecular flexibility index (Phi) is 10.7. The van der Waals surface area contributed by atoms with Crippen LogP contribution in [0.1, 0.15) is 50.8 Å². The third kappa shape index (κ3) is 7.63. The summed E-state index contributed by atoms with van der Waals surface area (Å²) in [4.78, 5) is 2.18. The molecule has 3 aromatic rings. The van der Waals surface area contributed by atoms with E-state index in [0.29, 0.717) is 38.5 Å². The molecule has 0 radical (unpaired) electrons. The highest BCUT2D eigenvalue weighted by atomic mass is 19.1. The smallest absolute Gasteiger partial charge is 0.227 e. The minimum Gasteiger partial charge on any atom is -0.435 e. The molecule has 8 heteroatoms. The third-order valence-corrected chi connectivity index (χ3v) is 6.69. The van der Waals surface area contributed by atoms with Crippen LogP contribution in [0, 0.1) is 5.82 Å². The highest BCUT2D eigenvalue weighted by molar-refractivity contribution is 5.44. The van der Waals surface area contributed by atoms with E-state index in [2.05, 4.69) is 18.7 Å². The summed E-state index contributed by atoms with van der Waals surface area (Å²) in [5, 5.41) is 15.7. The van der Waals surface area contributed by atoms with Gasteiger partial charge in [0.15, 0.2) is 11.6 Å². The number of rotatable bonds is 15. The fourth-order valence-electron chi connectivity index (χ4n) is 4.72. The number of para-hydroxylation sites is 2. The number of nitrogens with zero attached hydrogens (tertiary/aromatic N) is 3. The lowest BCUT2D eigenvalue weighted by Gasteiger charge is -2.28. The van der Waals surface area contributed by atoms with Gasteiger partial charge in [0.05, 0.1) is 35.8 Å². The molecule has 1 fully saturated rings. The Morgan fingerprint density at radius 2 is 1.95 bits per heavy atom. The van der Waals surface area contributed by atoms with Crippen LogP contribution < -0.4 is 4.74 Å². The summed E-state index contributed by atoms with van der Waals surface area (Å²) >= 11 is 0. The van der Waals surface area contributed by atoms with E-state index < -0.39 is 11.9 Å². The maximum Gasteiger partial charge on any atom is 0.227 e. The molecule has 206 valence electrons. The van der Waals surface area contributed by atoms with Crippen molar-refractivity contribution in [3.63, 3.8) is 0 Å². The minimum absolute atomic E-state index is 0.105. The zero-order valence-electron chi connectivity index (χ0n) is 22.5. The third-order valence-electron chi connectivity index (χ3n) is 6.69. The van der Waals surface area contributed by atoms with E-state index in [9.17, 15) is 9.50 Å². The summed E-state index contributed by atoms with van der Waals surface area (Å²) in [5.41, 5.74) is 2.57. The van der Waals surface area contributed by atoms with Crippen LogP contribution in [0.2, 0.25) is 0 Å². The van der Waals surface area contributed by atoms with Crippen LogP contribution >= 0.6 is 0 Å². The Hall–Kier alpha value is -2.78. The SMILES string of the molecule is CCCCOC[C@H](O)CN(Cc1c(CC)nn(-c2ccccc2)c1Oc1ccccc1F)C[C@@H]1CCCO1. The molecule has 1 aliphatic rings. The summed E-state index contributed by atoms with van der Waals surface area (Å²) < 4.78 is 34.3. The van der Waals surface area contributed by atoms with Gasteiger partial charge in [-0.2, -0.15) is 5.10 Å². The molecule has 1 N–H and O–H groups in total. The highest BCUT2D eigenvalue weighted by Crippen LogP contribution is 2.33. The first-order valence-corrected chi connectivity index (χ1v) is 13.8. The Morgan fingerprint density at radius 3 is 2.66 bits per heavy atom. The van der Waals surface area contributed by atoms with Gasteiger partial charge in [0, 0.05) is 32.8 Å². The van der Waals surface area contributed by atoms with E-state index in [0.717, 1.165) is 49.2 Å². The van der Waals surface area contributed by atoms with Crippen LogP contribution in [0.5, 0.6) is 11.6 Å². The normalized spacial score (nSPS) is 16.3. The minimum atomic E-state index is -0.640. The highest BCUT2D eigenvalue weighted by Gasteiger charge is 2.27. The summed E-state index contributed by atoms with van der Waals surface area (Å²) in [7, 11) is 0. The molecule has 7 nitrogen and oxygen atoms in total. The van der Waals surface area contributed by atoms with E-state index in [1.165, 1.54) is 6.07 Å². The van der Waals surface area contributed by atoms with E-state index in [1.54, 1.807) is 22.9 Å². The van der Waals surface area contributed by atoms with Gasteiger partial charge in [0.1, 0.15) is 0 Å². The molecule has 0 bridgehead atoms. The molecular formula is C30H40FN3O4. The molecule has 0 aliphatic carbocycles. The van der Waals surface area contributed by atoms with Crippen molar-refractivity contribution >= 4 is 0 Å². The van der Waals surface area contributed by atoms with Gasteiger partial charge in [-0.3, -0.25) is 4.90 Å². The number of aromatic nitrogens is 2. The maximum atomic E-state index is 14.7. The Bertz CT molecular complexity index is 1120. The van der Waals surface area contributed by atoms with Gasteiger partial charge in [0.25, 0.3) is 0 Å². The number of ether oxygens (including phenoxy) is 3. The van der Waals surface area contributed by atoms with Gasteiger partial charge in [0.2, 0.25) is 5.88 Å². The molecule has 38 heavy (non-hydrogen) atoms. The van der Waals surface area contributed by atoms with Crippen molar-refractivity contribution in [1.29, 1.82) is 0 Å². The zero-order chi connectivity index (χ0) is 26.7.